The summed E-state index contributed by atoms with van der Waals surface area (Å²) in [6.07, 6.45) is 3.10. The van der Waals surface area contributed by atoms with Gasteiger partial charge in [0.05, 0.1) is 5.69 Å². The molecule has 4 nitrogen and oxygen atoms in total. The van der Waals surface area contributed by atoms with Crippen LogP contribution in [0.3, 0.4) is 0 Å². The molecule has 2 rings (SSSR count). The highest BCUT2D eigenvalue weighted by Crippen LogP contribution is 2.33. The second-order valence-corrected chi connectivity index (χ2v) is 3.68. The number of aromatic carboxylic acids is 1. The molecule has 0 atom stereocenters. The monoisotopic (exact) mass is 200 g/mol. The van der Waals surface area contributed by atoms with Crippen molar-refractivity contribution in [2.75, 3.05) is 0 Å². The number of H-pyrrole nitrogens is 1. The number of carbonyl (C=O) groups is 1. The Hall–Kier alpha value is -1.03. The van der Waals surface area contributed by atoms with Crippen LogP contribution in [0.1, 0.15) is 28.9 Å². The number of hydrogen-bond donors (Lipinski definition) is 2. The molecule has 70 valence electrons. The third-order valence-electron chi connectivity index (χ3n) is 2.20. The summed E-state index contributed by atoms with van der Waals surface area (Å²) >= 11 is 5.62. The number of nitrogens with zero attached hydrogens (tertiary/aromatic N) is 1. The highest BCUT2D eigenvalue weighted by atomic mass is 35.5. The van der Waals surface area contributed by atoms with Crippen LogP contribution in [-0.2, 0) is 6.42 Å². The maximum Gasteiger partial charge on any atom is 0.340 e. The van der Waals surface area contributed by atoms with E-state index < -0.39 is 5.97 Å². The predicted octanol–water partition coefficient (Wildman–Crippen LogP) is 1.71. The number of carboxylic acid groups (broad SMARTS) is 1. The zero-order chi connectivity index (χ0) is 9.42. The van der Waals surface area contributed by atoms with Crippen molar-refractivity contribution in [2.24, 2.45) is 5.92 Å². The van der Waals surface area contributed by atoms with E-state index in [1.165, 1.54) is 12.8 Å². The van der Waals surface area contributed by atoms with Gasteiger partial charge in [-0.05, 0) is 25.2 Å². The maximum atomic E-state index is 10.8. The molecule has 0 saturated heterocycles. The molecule has 1 heterocycles. The van der Waals surface area contributed by atoms with Gasteiger partial charge in [-0.2, -0.15) is 5.10 Å². The van der Waals surface area contributed by atoms with Crippen molar-refractivity contribution in [3.05, 3.63) is 16.4 Å². The number of aromatic nitrogens is 2. The van der Waals surface area contributed by atoms with E-state index >= 15 is 0 Å². The number of nitrogens with one attached hydrogen (secondary N) is 1. The Morgan fingerprint density at radius 2 is 2.38 bits per heavy atom. The maximum absolute atomic E-state index is 10.8. The third kappa shape index (κ3) is 1.67. The minimum atomic E-state index is -1.01. The SMILES string of the molecule is O=C(O)c1c(Cl)n[nH]c1CC1CC1. The van der Waals surface area contributed by atoms with E-state index in [0.29, 0.717) is 11.6 Å². The number of carboxylic acids is 1. The number of halogens is 1. The van der Waals surface area contributed by atoms with Gasteiger partial charge in [0.2, 0.25) is 0 Å². The zero-order valence-electron chi connectivity index (χ0n) is 6.88. The number of hydrogen-bond acceptors (Lipinski definition) is 2. The number of rotatable bonds is 3. The lowest BCUT2D eigenvalue weighted by molar-refractivity contribution is 0.0696. The molecule has 0 aliphatic heterocycles. The molecule has 1 aliphatic carbocycles. The van der Waals surface area contributed by atoms with Crippen molar-refractivity contribution in [3.63, 3.8) is 0 Å². The topological polar surface area (TPSA) is 66.0 Å². The van der Waals surface area contributed by atoms with Crippen LogP contribution in [0.2, 0.25) is 5.15 Å². The van der Waals surface area contributed by atoms with Crippen molar-refractivity contribution in [1.29, 1.82) is 0 Å². The van der Waals surface area contributed by atoms with Crippen LogP contribution in [0.5, 0.6) is 0 Å². The summed E-state index contributed by atoms with van der Waals surface area (Å²) in [6.45, 7) is 0. The first-order chi connectivity index (χ1) is 6.18. The van der Waals surface area contributed by atoms with E-state index in [9.17, 15) is 4.79 Å². The van der Waals surface area contributed by atoms with E-state index in [1.807, 2.05) is 0 Å². The molecule has 1 aromatic rings. The Bertz CT molecular complexity index is 344. The molecule has 1 fully saturated rings. The summed E-state index contributed by atoms with van der Waals surface area (Å²) in [6, 6.07) is 0. The second kappa shape index (κ2) is 3.03. The van der Waals surface area contributed by atoms with Gasteiger partial charge in [-0.25, -0.2) is 4.79 Å². The van der Waals surface area contributed by atoms with Crippen LogP contribution in [0.25, 0.3) is 0 Å². The fraction of sp³-hybridized carbons (Fsp3) is 0.500. The molecule has 2 N–H and O–H groups in total. The zero-order valence-corrected chi connectivity index (χ0v) is 7.64. The molecule has 1 saturated carbocycles. The molecular weight excluding hydrogens is 192 g/mol. The lowest BCUT2D eigenvalue weighted by Gasteiger charge is -1.96. The third-order valence-corrected chi connectivity index (χ3v) is 2.47. The second-order valence-electron chi connectivity index (χ2n) is 3.32. The van der Waals surface area contributed by atoms with Crippen LogP contribution >= 0.6 is 11.6 Å². The van der Waals surface area contributed by atoms with Crippen molar-refractivity contribution >= 4 is 17.6 Å². The average Bonchev–Trinajstić information content (AvgIpc) is 2.76. The first-order valence-electron chi connectivity index (χ1n) is 4.14. The fourth-order valence-electron chi connectivity index (χ4n) is 1.33. The molecular formula is C8H9ClN2O2. The van der Waals surface area contributed by atoms with Gasteiger partial charge in [0.25, 0.3) is 0 Å². The Balaban J connectivity index is 2.27. The van der Waals surface area contributed by atoms with Crippen LogP contribution in [0, 0.1) is 5.92 Å². The van der Waals surface area contributed by atoms with Gasteiger partial charge in [0.15, 0.2) is 5.15 Å². The molecule has 1 aliphatic rings. The van der Waals surface area contributed by atoms with E-state index in [0.717, 1.165) is 6.42 Å². The van der Waals surface area contributed by atoms with E-state index in [-0.39, 0.29) is 10.7 Å². The van der Waals surface area contributed by atoms with E-state index in [4.69, 9.17) is 16.7 Å². The quantitative estimate of drug-likeness (QED) is 0.781. The molecule has 0 amide bonds. The summed E-state index contributed by atoms with van der Waals surface area (Å²) < 4.78 is 0. The molecule has 0 bridgehead atoms. The van der Waals surface area contributed by atoms with Crippen molar-refractivity contribution in [3.8, 4) is 0 Å². The van der Waals surface area contributed by atoms with E-state index in [2.05, 4.69) is 10.2 Å². The smallest absolute Gasteiger partial charge is 0.340 e. The summed E-state index contributed by atoms with van der Waals surface area (Å²) in [5.41, 5.74) is 0.786. The standard InChI is InChI=1S/C8H9ClN2O2/c9-7-6(8(12)13)5(10-11-7)3-4-1-2-4/h4H,1-3H2,(H,10,11)(H,12,13). The fourth-order valence-corrected chi connectivity index (χ4v) is 1.57. The van der Waals surface area contributed by atoms with Gasteiger partial charge in [-0.15, -0.1) is 0 Å². The van der Waals surface area contributed by atoms with Gasteiger partial charge in [-0.1, -0.05) is 11.6 Å². The van der Waals surface area contributed by atoms with E-state index in [1.54, 1.807) is 0 Å². The first-order valence-corrected chi connectivity index (χ1v) is 4.52. The van der Waals surface area contributed by atoms with Crippen molar-refractivity contribution in [2.45, 2.75) is 19.3 Å². The van der Waals surface area contributed by atoms with Crippen molar-refractivity contribution in [1.82, 2.24) is 10.2 Å². The lowest BCUT2D eigenvalue weighted by atomic mass is 10.1. The van der Waals surface area contributed by atoms with Crippen LogP contribution in [0.4, 0.5) is 0 Å². The van der Waals surface area contributed by atoms with Gasteiger partial charge in [0, 0.05) is 0 Å². The highest BCUT2D eigenvalue weighted by Gasteiger charge is 2.26. The van der Waals surface area contributed by atoms with Gasteiger partial charge in [-0.3, -0.25) is 5.10 Å². The number of aromatic amines is 1. The highest BCUT2D eigenvalue weighted by molar-refractivity contribution is 6.32. The molecule has 0 aromatic carbocycles. The summed E-state index contributed by atoms with van der Waals surface area (Å²) in [4.78, 5) is 10.8. The molecule has 0 radical (unpaired) electrons. The average molecular weight is 201 g/mol. The molecule has 0 spiro atoms. The Kier molecular flexibility index (Phi) is 2.00. The predicted molar refractivity (Wildman–Crippen MR) is 47.0 cm³/mol. The lowest BCUT2D eigenvalue weighted by Crippen LogP contribution is -2.01. The van der Waals surface area contributed by atoms with Gasteiger partial charge in [0.1, 0.15) is 5.56 Å². The normalized spacial score (nSPS) is 16.1. The molecule has 5 heteroatoms. The Morgan fingerprint density at radius 1 is 1.69 bits per heavy atom. The minimum Gasteiger partial charge on any atom is -0.478 e. The van der Waals surface area contributed by atoms with Crippen LogP contribution in [0.15, 0.2) is 0 Å². The molecule has 0 unspecified atom stereocenters. The summed E-state index contributed by atoms with van der Waals surface area (Å²) in [7, 11) is 0. The van der Waals surface area contributed by atoms with Crippen LogP contribution < -0.4 is 0 Å². The summed E-state index contributed by atoms with van der Waals surface area (Å²) in [5, 5.41) is 15.2. The Labute approximate surface area is 79.9 Å². The molecule has 1 aromatic heterocycles. The van der Waals surface area contributed by atoms with Crippen LogP contribution in [-0.4, -0.2) is 21.3 Å². The van der Waals surface area contributed by atoms with Crippen molar-refractivity contribution < 1.29 is 9.90 Å². The van der Waals surface area contributed by atoms with Gasteiger partial charge >= 0.3 is 5.97 Å². The largest absolute Gasteiger partial charge is 0.478 e. The summed E-state index contributed by atoms with van der Waals surface area (Å²) in [5.74, 6) is -0.385. The Morgan fingerprint density at radius 3 is 2.92 bits per heavy atom. The molecule has 13 heavy (non-hydrogen) atoms. The first kappa shape index (κ1) is 8.56. The minimum absolute atomic E-state index is 0.0585. The van der Waals surface area contributed by atoms with Gasteiger partial charge < -0.3 is 5.11 Å².